The summed E-state index contributed by atoms with van der Waals surface area (Å²) in [5.74, 6) is 0.987. The van der Waals surface area contributed by atoms with Crippen molar-refractivity contribution in [1.29, 1.82) is 0 Å². The maximum absolute atomic E-state index is 2.27. The van der Waals surface area contributed by atoms with Crippen molar-refractivity contribution in [3.8, 4) is 0 Å². The lowest BCUT2D eigenvalue weighted by molar-refractivity contribution is 0.826. The molecule has 0 amide bonds. The Hall–Kier alpha value is -2.22. The number of rotatable bonds is 4. The van der Waals surface area contributed by atoms with Crippen LogP contribution in [0.5, 0.6) is 0 Å². The first kappa shape index (κ1) is 16.6. The fourth-order valence-electron chi connectivity index (χ4n) is 3.29. The second-order valence-electron chi connectivity index (χ2n) is 7.11. The number of benzene rings is 2. The third-order valence-electron chi connectivity index (χ3n) is 4.63. The Morgan fingerprint density at radius 3 is 1.88 bits per heavy atom. The predicted molar refractivity (Wildman–Crippen MR) is 104 cm³/mol. The SMILES string of the molecule is Cc1ccccc1N1[CH]N(c2c(C(C)C)cccc2C(C)C)C=C1. The molecule has 0 atom stereocenters. The summed E-state index contributed by atoms with van der Waals surface area (Å²) in [5, 5.41) is 0. The maximum Gasteiger partial charge on any atom is 0.150 e. The van der Waals surface area contributed by atoms with E-state index in [2.05, 4.69) is 106 Å². The van der Waals surface area contributed by atoms with Crippen LogP contribution in [0.1, 0.15) is 56.2 Å². The molecule has 0 unspecified atom stereocenters. The lowest BCUT2D eigenvalue weighted by Crippen LogP contribution is -2.21. The Kier molecular flexibility index (Phi) is 4.66. The van der Waals surface area contributed by atoms with E-state index in [1.54, 1.807) is 0 Å². The maximum atomic E-state index is 2.27. The predicted octanol–water partition coefficient (Wildman–Crippen LogP) is 6.16. The van der Waals surface area contributed by atoms with E-state index in [1.807, 2.05) is 0 Å². The van der Waals surface area contributed by atoms with Crippen LogP contribution >= 0.6 is 0 Å². The minimum Gasteiger partial charge on any atom is -0.321 e. The molecule has 1 aliphatic heterocycles. The van der Waals surface area contributed by atoms with E-state index in [9.17, 15) is 0 Å². The van der Waals surface area contributed by atoms with Gasteiger partial charge in [-0.1, -0.05) is 64.1 Å². The molecule has 125 valence electrons. The summed E-state index contributed by atoms with van der Waals surface area (Å²) >= 11 is 0. The van der Waals surface area contributed by atoms with Gasteiger partial charge in [-0.2, -0.15) is 0 Å². The molecule has 0 bridgehead atoms. The van der Waals surface area contributed by atoms with Gasteiger partial charge in [0.05, 0.1) is 0 Å². The molecule has 2 aromatic carbocycles. The topological polar surface area (TPSA) is 6.48 Å². The Labute approximate surface area is 146 Å². The molecule has 0 saturated heterocycles. The fraction of sp³-hybridized carbons (Fsp3) is 0.318. The Balaban J connectivity index is 1.97. The van der Waals surface area contributed by atoms with Crippen molar-refractivity contribution < 1.29 is 0 Å². The number of anilines is 2. The van der Waals surface area contributed by atoms with E-state index in [0.29, 0.717) is 11.8 Å². The highest BCUT2D eigenvalue weighted by atomic mass is 15.3. The van der Waals surface area contributed by atoms with Crippen LogP contribution in [0.4, 0.5) is 11.4 Å². The zero-order valence-electron chi connectivity index (χ0n) is 15.3. The van der Waals surface area contributed by atoms with Gasteiger partial charge in [0.25, 0.3) is 0 Å². The van der Waals surface area contributed by atoms with Crippen LogP contribution in [0.15, 0.2) is 54.9 Å². The summed E-state index contributed by atoms with van der Waals surface area (Å²) in [6.07, 6.45) is 4.31. The molecule has 1 aliphatic rings. The number of nitrogens with zero attached hydrogens (tertiary/aromatic N) is 2. The van der Waals surface area contributed by atoms with Gasteiger partial charge >= 0.3 is 0 Å². The van der Waals surface area contributed by atoms with Crippen molar-refractivity contribution >= 4 is 11.4 Å². The lowest BCUT2D eigenvalue weighted by Gasteiger charge is -2.28. The van der Waals surface area contributed by atoms with Crippen LogP contribution in [0.2, 0.25) is 0 Å². The molecular weight excluding hydrogens is 292 g/mol. The standard InChI is InChI=1S/C22H27N2/c1-16(2)19-10-8-11-20(17(3)4)22(19)24-14-13-23(15-24)21-12-7-6-9-18(21)5/h6-17H,1-5H3. The fourth-order valence-corrected chi connectivity index (χ4v) is 3.29. The second-order valence-corrected chi connectivity index (χ2v) is 7.11. The highest BCUT2D eigenvalue weighted by molar-refractivity contribution is 5.70. The third kappa shape index (κ3) is 3.06. The molecular formula is C22H27N2. The number of para-hydroxylation sites is 2. The first-order valence-electron chi connectivity index (χ1n) is 8.77. The molecule has 2 heteroatoms. The molecule has 3 rings (SSSR count). The molecule has 2 aromatic rings. The third-order valence-corrected chi connectivity index (χ3v) is 4.63. The number of hydrogen-bond acceptors (Lipinski definition) is 2. The second kappa shape index (κ2) is 6.72. The van der Waals surface area contributed by atoms with Crippen LogP contribution < -0.4 is 9.80 Å². The van der Waals surface area contributed by atoms with Crippen LogP contribution in [0.3, 0.4) is 0 Å². The normalized spacial score (nSPS) is 14.3. The monoisotopic (exact) mass is 319 g/mol. The van der Waals surface area contributed by atoms with Crippen LogP contribution in [-0.2, 0) is 0 Å². The molecule has 0 spiro atoms. The highest BCUT2D eigenvalue weighted by Gasteiger charge is 2.23. The van der Waals surface area contributed by atoms with Crippen LogP contribution in [0.25, 0.3) is 0 Å². The Morgan fingerprint density at radius 1 is 0.708 bits per heavy atom. The van der Waals surface area contributed by atoms with E-state index in [4.69, 9.17) is 0 Å². The molecule has 2 nitrogen and oxygen atoms in total. The van der Waals surface area contributed by atoms with E-state index in [-0.39, 0.29) is 0 Å². The lowest BCUT2D eigenvalue weighted by atomic mass is 9.92. The minimum atomic E-state index is 0.494. The molecule has 1 heterocycles. The van der Waals surface area contributed by atoms with Gasteiger partial charge in [0.2, 0.25) is 0 Å². The van der Waals surface area contributed by atoms with Crippen LogP contribution in [0, 0.1) is 13.6 Å². The molecule has 0 saturated carbocycles. The van der Waals surface area contributed by atoms with E-state index < -0.39 is 0 Å². The zero-order valence-corrected chi connectivity index (χ0v) is 15.3. The molecule has 1 radical (unpaired) electrons. The van der Waals surface area contributed by atoms with Gasteiger partial charge in [-0.05, 0) is 41.5 Å². The van der Waals surface area contributed by atoms with Crippen molar-refractivity contribution in [1.82, 2.24) is 0 Å². The summed E-state index contributed by atoms with van der Waals surface area (Å²) < 4.78 is 0. The molecule has 0 fully saturated rings. The Morgan fingerprint density at radius 2 is 1.29 bits per heavy atom. The summed E-state index contributed by atoms with van der Waals surface area (Å²) in [5.41, 5.74) is 6.63. The van der Waals surface area contributed by atoms with Gasteiger partial charge in [0.1, 0.15) is 0 Å². The number of hydrogen-bond donors (Lipinski definition) is 0. The highest BCUT2D eigenvalue weighted by Crippen LogP contribution is 2.38. The average Bonchev–Trinajstić information content (AvgIpc) is 3.03. The van der Waals surface area contributed by atoms with Gasteiger partial charge in [-0.15, -0.1) is 0 Å². The van der Waals surface area contributed by atoms with Crippen molar-refractivity contribution in [2.75, 3.05) is 9.80 Å². The first-order chi connectivity index (χ1) is 11.5. The number of aryl methyl sites for hydroxylation is 1. The van der Waals surface area contributed by atoms with Gasteiger partial charge in [-0.3, -0.25) is 0 Å². The Bertz CT molecular complexity index is 717. The van der Waals surface area contributed by atoms with E-state index in [0.717, 1.165) is 0 Å². The largest absolute Gasteiger partial charge is 0.321 e. The van der Waals surface area contributed by atoms with Gasteiger partial charge < -0.3 is 9.80 Å². The molecule has 0 aromatic heterocycles. The minimum absolute atomic E-state index is 0.494. The van der Waals surface area contributed by atoms with Gasteiger partial charge in [0, 0.05) is 23.8 Å². The quantitative estimate of drug-likeness (QED) is 0.666. The van der Waals surface area contributed by atoms with Gasteiger partial charge in [-0.25, -0.2) is 0 Å². The summed E-state index contributed by atoms with van der Waals surface area (Å²) in [4.78, 5) is 4.48. The molecule has 24 heavy (non-hydrogen) atoms. The van der Waals surface area contributed by atoms with Crippen molar-refractivity contribution in [3.63, 3.8) is 0 Å². The summed E-state index contributed by atoms with van der Waals surface area (Å²) in [6, 6.07) is 15.2. The van der Waals surface area contributed by atoms with Gasteiger partial charge in [0.15, 0.2) is 6.67 Å². The van der Waals surface area contributed by atoms with E-state index >= 15 is 0 Å². The van der Waals surface area contributed by atoms with Crippen molar-refractivity contribution in [2.24, 2.45) is 0 Å². The van der Waals surface area contributed by atoms with Crippen molar-refractivity contribution in [2.45, 2.75) is 46.5 Å². The summed E-state index contributed by atoms with van der Waals surface area (Å²) in [6.45, 7) is 13.4. The van der Waals surface area contributed by atoms with Crippen molar-refractivity contribution in [3.05, 3.63) is 78.2 Å². The van der Waals surface area contributed by atoms with E-state index in [1.165, 1.54) is 28.1 Å². The molecule has 0 N–H and O–H groups in total. The first-order valence-corrected chi connectivity index (χ1v) is 8.77. The molecule has 0 aliphatic carbocycles. The van der Waals surface area contributed by atoms with Crippen LogP contribution in [-0.4, -0.2) is 0 Å². The average molecular weight is 319 g/mol. The smallest absolute Gasteiger partial charge is 0.150 e. The summed E-state index contributed by atoms with van der Waals surface area (Å²) in [7, 11) is 0. The zero-order chi connectivity index (χ0) is 17.3.